The minimum atomic E-state index is -5.28. The lowest BCUT2D eigenvalue weighted by Gasteiger charge is -2.59. The molecule has 0 aromatic heterocycles. The first-order valence-electron chi connectivity index (χ1n) is 17.9. The molecular weight excluding hydrogens is 671 g/mol. The molecule has 0 amide bonds. The van der Waals surface area contributed by atoms with E-state index in [9.17, 15) is 19.1 Å². The van der Waals surface area contributed by atoms with Gasteiger partial charge < -0.3 is 33.5 Å². The van der Waals surface area contributed by atoms with E-state index < -0.39 is 48.9 Å². The summed E-state index contributed by atoms with van der Waals surface area (Å²) >= 11 is 0. The molecule has 4 rings (SSSR count). The van der Waals surface area contributed by atoms with E-state index in [0.717, 1.165) is 16.7 Å². The smallest absolute Gasteiger partial charge is 0.450 e. The Morgan fingerprint density at radius 1 is 0.765 bits per heavy atom. The van der Waals surface area contributed by atoms with E-state index in [0.29, 0.717) is 25.7 Å². The van der Waals surface area contributed by atoms with Crippen LogP contribution in [0.3, 0.4) is 0 Å². The number of ether oxygens (including phenoxy) is 5. The molecule has 1 heterocycles. The van der Waals surface area contributed by atoms with Crippen LogP contribution in [-0.2, 0) is 57.4 Å². The van der Waals surface area contributed by atoms with Gasteiger partial charge in [-0.1, -0.05) is 118 Å². The van der Waals surface area contributed by atoms with E-state index in [1.165, 1.54) is 0 Å². The minimum Gasteiger partial charge on any atom is -0.450 e. The van der Waals surface area contributed by atoms with Crippen molar-refractivity contribution in [3.63, 3.8) is 0 Å². The Hall–Kier alpha value is -2.92. The molecule has 11 heteroatoms. The van der Waals surface area contributed by atoms with Crippen LogP contribution < -0.4 is 0 Å². The number of carbonyl (C=O) groups is 1. The Labute approximate surface area is 303 Å². The lowest BCUT2D eigenvalue weighted by Crippen LogP contribution is -2.76. The summed E-state index contributed by atoms with van der Waals surface area (Å²) in [5.74, 6) is -2.72. The molecule has 0 unspecified atom stereocenters. The maximum atomic E-state index is 14.1. The molecule has 1 fully saturated rings. The molecule has 0 saturated carbocycles. The maximum absolute atomic E-state index is 14.1. The van der Waals surface area contributed by atoms with Crippen molar-refractivity contribution in [2.75, 3.05) is 6.61 Å². The zero-order chi connectivity index (χ0) is 37.0. The average molecular weight is 727 g/mol. The van der Waals surface area contributed by atoms with E-state index in [4.69, 9.17) is 28.2 Å². The summed E-state index contributed by atoms with van der Waals surface area (Å²) in [5.41, 5.74) is -0.159. The first-order chi connectivity index (χ1) is 24.3. The highest BCUT2D eigenvalue weighted by atomic mass is 31.2. The highest BCUT2D eigenvalue weighted by molar-refractivity contribution is 7.46. The van der Waals surface area contributed by atoms with Gasteiger partial charge in [-0.3, -0.25) is 4.79 Å². The predicted molar refractivity (Wildman–Crippen MR) is 194 cm³/mol. The Bertz CT molecular complexity index is 1510. The molecule has 10 nitrogen and oxygen atoms in total. The van der Waals surface area contributed by atoms with Crippen LogP contribution in [0.25, 0.3) is 0 Å². The Morgan fingerprint density at radius 2 is 1.25 bits per heavy atom. The summed E-state index contributed by atoms with van der Waals surface area (Å²) < 4.78 is 52.3. The van der Waals surface area contributed by atoms with Crippen molar-refractivity contribution in [1.29, 1.82) is 0 Å². The topological polar surface area (TPSA) is 130 Å². The molecule has 2 N–H and O–H groups in total. The zero-order valence-corrected chi connectivity index (χ0v) is 31.5. The van der Waals surface area contributed by atoms with Gasteiger partial charge in [0.1, 0.15) is 18.3 Å². The van der Waals surface area contributed by atoms with Crippen LogP contribution in [0.4, 0.5) is 0 Å². The van der Waals surface area contributed by atoms with Crippen molar-refractivity contribution in [2.45, 2.75) is 123 Å². The standard InChI is InChI=1S/C40H55O10P/c1-6-8-25-39(49-37(41)38(3,4)5)36(47-29-33-23-17-12-18-24-33)35(46-28-32-21-15-11-16-22-32)34(30-45-27-31-19-13-10-14-20-31)48-40(39,26-9-7-2)50-51(42,43)44/h10-24,34-36H,6-9,25-30H2,1-5H3,(H2,42,43,44)/t34-,35-,36+,39+,40+/m1/s1. The second-order valence-corrected chi connectivity index (χ2v) is 15.4. The van der Waals surface area contributed by atoms with Crippen LogP contribution >= 0.6 is 7.82 Å². The third-order valence-corrected chi connectivity index (χ3v) is 9.51. The van der Waals surface area contributed by atoms with Crippen LogP contribution in [-0.4, -0.2) is 52.1 Å². The van der Waals surface area contributed by atoms with Crippen molar-refractivity contribution in [3.8, 4) is 0 Å². The van der Waals surface area contributed by atoms with Gasteiger partial charge in [-0.05, 0) is 56.7 Å². The summed E-state index contributed by atoms with van der Waals surface area (Å²) in [6.07, 6.45) is -0.593. The van der Waals surface area contributed by atoms with E-state index >= 15 is 0 Å². The first kappa shape index (κ1) is 40.8. The van der Waals surface area contributed by atoms with Crippen molar-refractivity contribution < 1.29 is 47.4 Å². The molecule has 5 atom stereocenters. The molecule has 3 aromatic rings. The molecule has 280 valence electrons. The SMILES string of the molecule is CCCC[C@@]1(OP(=O)(O)O)O[C@H](COCc2ccccc2)[C@@H](OCc2ccccc2)[C@H](OCc2ccccc2)[C@]1(CCCC)OC(=O)C(C)(C)C. The lowest BCUT2D eigenvalue weighted by molar-refractivity contribution is -0.398. The Balaban J connectivity index is 1.93. The molecule has 0 bridgehead atoms. The van der Waals surface area contributed by atoms with E-state index in [2.05, 4.69) is 0 Å². The minimum absolute atomic E-state index is 0.00152. The van der Waals surface area contributed by atoms with Crippen molar-refractivity contribution in [1.82, 2.24) is 0 Å². The fourth-order valence-electron chi connectivity index (χ4n) is 6.33. The second-order valence-electron chi connectivity index (χ2n) is 14.2. The van der Waals surface area contributed by atoms with Gasteiger partial charge in [0.25, 0.3) is 0 Å². The number of phosphoric ester groups is 1. The van der Waals surface area contributed by atoms with Gasteiger partial charge in [-0.15, -0.1) is 0 Å². The fourth-order valence-corrected chi connectivity index (χ4v) is 7.00. The quantitative estimate of drug-likeness (QED) is 0.0920. The number of phosphoric acid groups is 1. The first-order valence-corrected chi connectivity index (χ1v) is 19.5. The van der Waals surface area contributed by atoms with Crippen molar-refractivity contribution >= 4 is 13.8 Å². The number of benzene rings is 3. The molecular formula is C40H55O10P. The largest absolute Gasteiger partial charge is 0.472 e. The monoisotopic (exact) mass is 726 g/mol. The Morgan fingerprint density at radius 3 is 1.75 bits per heavy atom. The van der Waals surface area contributed by atoms with Crippen molar-refractivity contribution in [3.05, 3.63) is 108 Å². The zero-order valence-electron chi connectivity index (χ0n) is 30.6. The van der Waals surface area contributed by atoms with E-state index in [1.807, 2.05) is 105 Å². The predicted octanol–water partition coefficient (Wildman–Crippen LogP) is 8.29. The van der Waals surface area contributed by atoms with E-state index in [1.54, 1.807) is 20.8 Å². The second kappa shape index (κ2) is 18.7. The fraction of sp³-hybridized carbons (Fsp3) is 0.525. The van der Waals surface area contributed by atoms with Gasteiger partial charge in [0, 0.05) is 6.42 Å². The molecule has 0 radical (unpaired) electrons. The van der Waals surface area contributed by atoms with Gasteiger partial charge >= 0.3 is 13.8 Å². The number of rotatable bonds is 19. The van der Waals surface area contributed by atoms with Gasteiger partial charge in [-0.2, -0.15) is 0 Å². The maximum Gasteiger partial charge on any atom is 0.472 e. The highest BCUT2D eigenvalue weighted by Gasteiger charge is 2.70. The van der Waals surface area contributed by atoms with Crippen LogP contribution in [0.15, 0.2) is 91.0 Å². The van der Waals surface area contributed by atoms with Gasteiger partial charge in [0.05, 0.1) is 31.8 Å². The average Bonchev–Trinajstić information content (AvgIpc) is 3.10. The molecule has 3 aromatic carbocycles. The molecule has 1 aliphatic heterocycles. The number of carbonyl (C=O) groups excluding carboxylic acids is 1. The number of esters is 1. The Kier molecular flexibility index (Phi) is 15.0. The summed E-state index contributed by atoms with van der Waals surface area (Å²) in [4.78, 5) is 35.2. The summed E-state index contributed by atoms with van der Waals surface area (Å²) in [7, 11) is -5.28. The summed E-state index contributed by atoms with van der Waals surface area (Å²) in [5, 5.41) is 0. The molecule has 51 heavy (non-hydrogen) atoms. The highest BCUT2D eigenvalue weighted by Crippen LogP contribution is 2.56. The third-order valence-electron chi connectivity index (χ3n) is 8.98. The van der Waals surface area contributed by atoms with Crippen molar-refractivity contribution in [2.24, 2.45) is 5.41 Å². The third kappa shape index (κ3) is 11.3. The molecule has 1 saturated heterocycles. The van der Waals surface area contributed by atoms with Crippen LogP contribution in [0, 0.1) is 5.41 Å². The summed E-state index contributed by atoms with van der Waals surface area (Å²) in [6.45, 7) is 9.61. The normalized spacial score (nSPS) is 23.9. The number of unbranched alkanes of at least 4 members (excludes halogenated alkanes) is 2. The number of hydrogen-bond acceptors (Lipinski definition) is 8. The van der Waals surface area contributed by atoms with Gasteiger partial charge in [-0.25, -0.2) is 9.09 Å². The lowest BCUT2D eigenvalue weighted by atomic mass is 9.73. The van der Waals surface area contributed by atoms with Crippen LogP contribution in [0.2, 0.25) is 0 Å². The number of hydrogen-bond donors (Lipinski definition) is 2. The van der Waals surface area contributed by atoms with Crippen LogP contribution in [0.5, 0.6) is 0 Å². The molecule has 1 aliphatic rings. The van der Waals surface area contributed by atoms with E-state index in [-0.39, 0.29) is 39.3 Å². The van der Waals surface area contributed by atoms with Gasteiger partial charge in [0.2, 0.25) is 5.79 Å². The molecule has 0 spiro atoms. The van der Waals surface area contributed by atoms with Gasteiger partial charge in [0.15, 0.2) is 5.60 Å². The molecule has 0 aliphatic carbocycles. The van der Waals surface area contributed by atoms with Crippen LogP contribution in [0.1, 0.15) is 89.8 Å². The summed E-state index contributed by atoms with van der Waals surface area (Å²) in [6, 6.07) is 28.8.